The standard InChI is InChI=1S/C19H18ClNO4/c1-11(15-10-14(23-2)5-7-17(15)24-3)21-19(22)18-9-12-8-13(20)4-6-16(12)25-18/h4-11H,1-3H3,(H,21,22)/t11-/m1/s1. The van der Waals surface area contributed by atoms with E-state index in [0.717, 1.165) is 10.9 Å². The molecule has 1 N–H and O–H groups in total. The summed E-state index contributed by atoms with van der Waals surface area (Å²) >= 11 is 5.97. The van der Waals surface area contributed by atoms with Crippen LogP contribution in [0.25, 0.3) is 11.0 Å². The molecule has 1 atom stereocenters. The third-order valence-corrected chi connectivity index (χ3v) is 4.19. The number of rotatable bonds is 5. The summed E-state index contributed by atoms with van der Waals surface area (Å²) in [6.07, 6.45) is 0. The molecule has 0 saturated carbocycles. The van der Waals surface area contributed by atoms with Crippen LogP contribution in [0.3, 0.4) is 0 Å². The maximum atomic E-state index is 12.5. The Labute approximate surface area is 150 Å². The Morgan fingerprint density at radius 3 is 2.64 bits per heavy atom. The van der Waals surface area contributed by atoms with E-state index in [1.54, 1.807) is 50.6 Å². The second kappa shape index (κ2) is 7.07. The minimum atomic E-state index is -0.315. The molecule has 0 fully saturated rings. The van der Waals surface area contributed by atoms with Crippen molar-refractivity contribution in [3.05, 3.63) is 58.8 Å². The van der Waals surface area contributed by atoms with Gasteiger partial charge < -0.3 is 19.2 Å². The first-order chi connectivity index (χ1) is 12.0. The maximum absolute atomic E-state index is 12.5. The molecule has 0 aliphatic heterocycles. The second-order valence-electron chi connectivity index (χ2n) is 5.60. The summed E-state index contributed by atoms with van der Waals surface area (Å²) in [4.78, 5) is 12.5. The topological polar surface area (TPSA) is 60.7 Å². The number of hydrogen-bond donors (Lipinski definition) is 1. The molecule has 0 radical (unpaired) electrons. The largest absolute Gasteiger partial charge is 0.497 e. The number of amides is 1. The first-order valence-electron chi connectivity index (χ1n) is 7.73. The lowest BCUT2D eigenvalue weighted by Crippen LogP contribution is -2.26. The van der Waals surface area contributed by atoms with E-state index in [4.69, 9.17) is 25.5 Å². The lowest BCUT2D eigenvalue weighted by atomic mass is 10.1. The zero-order chi connectivity index (χ0) is 18.0. The van der Waals surface area contributed by atoms with Crippen LogP contribution in [0.5, 0.6) is 11.5 Å². The fourth-order valence-corrected chi connectivity index (χ4v) is 2.83. The quantitative estimate of drug-likeness (QED) is 0.723. The van der Waals surface area contributed by atoms with Gasteiger partial charge in [0, 0.05) is 16.0 Å². The molecule has 0 unspecified atom stereocenters. The molecule has 130 valence electrons. The molecule has 5 nitrogen and oxygen atoms in total. The van der Waals surface area contributed by atoms with Gasteiger partial charge in [-0.1, -0.05) is 11.6 Å². The number of nitrogens with one attached hydrogen (secondary N) is 1. The van der Waals surface area contributed by atoms with Crippen molar-refractivity contribution in [3.8, 4) is 11.5 Å². The summed E-state index contributed by atoms with van der Waals surface area (Å²) in [5.41, 5.74) is 1.43. The Bertz CT molecular complexity index is 919. The highest BCUT2D eigenvalue weighted by Crippen LogP contribution is 2.30. The molecule has 25 heavy (non-hydrogen) atoms. The molecule has 0 saturated heterocycles. The van der Waals surface area contributed by atoms with Gasteiger partial charge in [0.15, 0.2) is 5.76 Å². The highest BCUT2D eigenvalue weighted by molar-refractivity contribution is 6.31. The van der Waals surface area contributed by atoms with Crippen LogP contribution in [-0.4, -0.2) is 20.1 Å². The number of furan rings is 1. The van der Waals surface area contributed by atoms with Gasteiger partial charge in [0.2, 0.25) is 0 Å². The molecule has 2 aromatic carbocycles. The molecule has 1 heterocycles. The van der Waals surface area contributed by atoms with Gasteiger partial charge in [-0.25, -0.2) is 0 Å². The zero-order valence-corrected chi connectivity index (χ0v) is 14.9. The molecule has 3 rings (SSSR count). The smallest absolute Gasteiger partial charge is 0.287 e. The predicted molar refractivity (Wildman–Crippen MR) is 96.7 cm³/mol. The Morgan fingerprint density at radius 2 is 1.92 bits per heavy atom. The van der Waals surface area contributed by atoms with Crippen LogP contribution < -0.4 is 14.8 Å². The predicted octanol–water partition coefficient (Wildman–Crippen LogP) is 4.59. The van der Waals surface area contributed by atoms with Crippen LogP contribution in [0.4, 0.5) is 0 Å². The van der Waals surface area contributed by atoms with Crippen molar-refractivity contribution in [3.63, 3.8) is 0 Å². The molecule has 0 bridgehead atoms. The number of carbonyl (C=O) groups is 1. The molecule has 1 amide bonds. The van der Waals surface area contributed by atoms with Crippen molar-refractivity contribution in [2.75, 3.05) is 14.2 Å². The van der Waals surface area contributed by atoms with Gasteiger partial charge in [-0.05, 0) is 49.4 Å². The fraction of sp³-hybridized carbons (Fsp3) is 0.211. The van der Waals surface area contributed by atoms with E-state index in [9.17, 15) is 4.79 Å². The number of fused-ring (bicyclic) bond motifs is 1. The van der Waals surface area contributed by atoms with Gasteiger partial charge in [-0.3, -0.25) is 4.79 Å². The van der Waals surface area contributed by atoms with Crippen LogP contribution in [0.1, 0.15) is 29.1 Å². The van der Waals surface area contributed by atoms with E-state index in [1.165, 1.54) is 0 Å². The molecular weight excluding hydrogens is 342 g/mol. The van der Waals surface area contributed by atoms with Crippen molar-refractivity contribution < 1.29 is 18.7 Å². The number of methoxy groups -OCH3 is 2. The van der Waals surface area contributed by atoms with Crippen molar-refractivity contribution in [2.24, 2.45) is 0 Å². The summed E-state index contributed by atoms with van der Waals surface area (Å²) in [6.45, 7) is 1.87. The highest BCUT2D eigenvalue weighted by atomic mass is 35.5. The first kappa shape index (κ1) is 17.2. The highest BCUT2D eigenvalue weighted by Gasteiger charge is 2.19. The minimum absolute atomic E-state index is 0.228. The Morgan fingerprint density at radius 1 is 1.12 bits per heavy atom. The van der Waals surface area contributed by atoms with Crippen LogP contribution in [0.2, 0.25) is 5.02 Å². The van der Waals surface area contributed by atoms with Crippen LogP contribution in [0, 0.1) is 0 Å². The van der Waals surface area contributed by atoms with E-state index >= 15 is 0 Å². The monoisotopic (exact) mass is 359 g/mol. The van der Waals surface area contributed by atoms with Crippen molar-refractivity contribution in [1.82, 2.24) is 5.32 Å². The minimum Gasteiger partial charge on any atom is -0.497 e. The number of halogens is 1. The second-order valence-corrected chi connectivity index (χ2v) is 6.03. The van der Waals surface area contributed by atoms with Gasteiger partial charge >= 0.3 is 0 Å². The lowest BCUT2D eigenvalue weighted by Gasteiger charge is -2.17. The van der Waals surface area contributed by atoms with Crippen LogP contribution >= 0.6 is 11.6 Å². The lowest BCUT2D eigenvalue weighted by molar-refractivity contribution is 0.0913. The van der Waals surface area contributed by atoms with E-state index in [0.29, 0.717) is 22.1 Å². The molecule has 3 aromatic rings. The summed E-state index contributed by atoms with van der Waals surface area (Å²) in [7, 11) is 3.18. The average molecular weight is 360 g/mol. The third kappa shape index (κ3) is 3.56. The van der Waals surface area contributed by atoms with Gasteiger partial charge in [0.05, 0.1) is 20.3 Å². The van der Waals surface area contributed by atoms with Crippen LogP contribution in [0.15, 0.2) is 46.9 Å². The summed E-state index contributed by atoms with van der Waals surface area (Å²) in [6, 6.07) is 12.0. The Balaban J connectivity index is 1.84. The normalized spacial score (nSPS) is 12.0. The first-order valence-corrected chi connectivity index (χ1v) is 8.11. The zero-order valence-electron chi connectivity index (χ0n) is 14.1. The van der Waals surface area contributed by atoms with Crippen LogP contribution in [-0.2, 0) is 0 Å². The maximum Gasteiger partial charge on any atom is 0.287 e. The Hall–Kier alpha value is -2.66. The molecule has 0 aliphatic rings. The van der Waals surface area contributed by atoms with Crippen molar-refractivity contribution in [2.45, 2.75) is 13.0 Å². The average Bonchev–Trinajstić information content (AvgIpc) is 3.04. The molecule has 6 heteroatoms. The van der Waals surface area contributed by atoms with Crippen molar-refractivity contribution in [1.29, 1.82) is 0 Å². The summed E-state index contributed by atoms with van der Waals surface area (Å²) in [5, 5.41) is 4.29. The summed E-state index contributed by atoms with van der Waals surface area (Å²) < 4.78 is 16.2. The Kier molecular flexibility index (Phi) is 4.86. The van der Waals surface area contributed by atoms with Gasteiger partial charge in [0.1, 0.15) is 17.1 Å². The van der Waals surface area contributed by atoms with Gasteiger partial charge in [0.25, 0.3) is 5.91 Å². The van der Waals surface area contributed by atoms with E-state index in [-0.39, 0.29) is 17.7 Å². The fourth-order valence-electron chi connectivity index (χ4n) is 2.65. The molecule has 0 aliphatic carbocycles. The van der Waals surface area contributed by atoms with E-state index in [2.05, 4.69) is 5.32 Å². The van der Waals surface area contributed by atoms with Crippen molar-refractivity contribution >= 4 is 28.5 Å². The van der Waals surface area contributed by atoms with E-state index < -0.39 is 0 Å². The number of ether oxygens (including phenoxy) is 2. The number of hydrogen-bond acceptors (Lipinski definition) is 4. The number of carbonyl (C=O) groups excluding carboxylic acids is 1. The molecular formula is C19H18ClNO4. The SMILES string of the molecule is COc1ccc(OC)c([C@@H](C)NC(=O)c2cc3cc(Cl)ccc3o2)c1. The molecule has 0 spiro atoms. The van der Waals surface area contributed by atoms with Gasteiger partial charge in [-0.2, -0.15) is 0 Å². The van der Waals surface area contributed by atoms with Gasteiger partial charge in [-0.15, -0.1) is 0 Å². The number of benzene rings is 2. The van der Waals surface area contributed by atoms with E-state index in [1.807, 2.05) is 13.0 Å². The summed E-state index contributed by atoms with van der Waals surface area (Å²) in [5.74, 6) is 1.27. The third-order valence-electron chi connectivity index (χ3n) is 3.95. The molecule has 1 aromatic heterocycles.